The maximum absolute atomic E-state index is 14.3. The lowest BCUT2D eigenvalue weighted by Gasteiger charge is -2.35. The summed E-state index contributed by atoms with van der Waals surface area (Å²) in [4.78, 5) is 32.2. The third-order valence-electron chi connectivity index (χ3n) is 5.22. The van der Waals surface area contributed by atoms with Crippen molar-refractivity contribution in [2.75, 3.05) is 39.3 Å². The number of hydrogen-bond acceptors (Lipinski definition) is 6. The van der Waals surface area contributed by atoms with Crippen LogP contribution in [0.2, 0.25) is 0 Å². The molecule has 8 nitrogen and oxygen atoms in total. The zero-order valence-electron chi connectivity index (χ0n) is 20.5. The van der Waals surface area contributed by atoms with E-state index < -0.39 is 11.4 Å². The van der Waals surface area contributed by atoms with E-state index in [4.69, 9.17) is 9.47 Å². The van der Waals surface area contributed by atoms with Crippen LogP contribution in [0.3, 0.4) is 0 Å². The standard InChI is InChI=1S/C26H33FN4O4/c1-26(2,3)35-25(33)31-16-14-30(15-17-31)13-5-12-29-24(32)10-8-20-7-9-23(22(27)18-20)34-21-6-4-11-28-19-21/h4,6-11,18-19H,5,12-17H2,1-3H3,(H,29,32)/b10-8+. The van der Waals surface area contributed by atoms with E-state index in [1.165, 1.54) is 24.4 Å². The second kappa shape index (κ2) is 12.3. The van der Waals surface area contributed by atoms with Crippen LogP contribution in [0.15, 0.2) is 48.8 Å². The van der Waals surface area contributed by atoms with Crippen LogP contribution in [0, 0.1) is 5.82 Å². The van der Waals surface area contributed by atoms with Gasteiger partial charge in [-0.15, -0.1) is 0 Å². The number of carbonyl (C=O) groups is 2. The largest absolute Gasteiger partial charge is 0.453 e. The highest BCUT2D eigenvalue weighted by Crippen LogP contribution is 2.24. The average Bonchev–Trinajstić information content (AvgIpc) is 2.82. The zero-order valence-corrected chi connectivity index (χ0v) is 20.5. The number of nitrogens with zero attached hydrogens (tertiary/aromatic N) is 3. The van der Waals surface area contributed by atoms with Crippen molar-refractivity contribution in [3.8, 4) is 11.5 Å². The van der Waals surface area contributed by atoms with Crippen molar-refractivity contribution < 1.29 is 23.5 Å². The minimum atomic E-state index is -0.525. The molecule has 9 heteroatoms. The van der Waals surface area contributed by atoms with E-state index in [-0.39, 0.29) is 17.7 Å². The Hall–Kier alpha value is -3.46. The maximum atomic E-state index is 14.3. The first-order valence-electron chi connectivity index (χ1n) is 11.7. The second-order valence-corrected chi connectivity index (χ2v) is 9.27. The van der Waals surface area contributed by atoms with Gasteiger partial charge >= 0.3 is 6.09 Å². The number of carbonyl (C=O) groups excluding carboxylic acids is 2. The van der Waals surface area contributed by atoms with E-state index in [0.717, 1.165) is 26.1 Å². The van der Waals surface area contributed by atoms with Crippen LogP contribution in [0.25, 0.3) is 6.08 Å². The van der Waals surface area contributed by atoms with Crippen molar-refractivity contribution in [2.45, 2.75) is 32.8 Å². The first-order chi connectivity index (χ1) is 16.7. The summed E-state index contributed by atoms with van der Waals surface area (Å²) in [5, 5.41) is 2.84. The molecule has 3 rings (SSSR count). The van der Waals surface area contributed by atoms with E-state index >= 15 is 0 Å². The monoisotopic (exact) mass is 484 g/mol. The van der Waals surface area contributed by atoms with Crippen LogP contribution in [0.5, 0.6) is 11.5 Å². The molecule has 188 valence electrons. The van der Waals surface area contributed by atoms with Gasteiger partial charge in [-0.1, -0.05) is 6.07 Å². The molecule has 1 fully saturated rings. The van der Waals surface area contributed by atoms with Gasteiger partial charge in [-0.25, -0.2) is 9.18 Å². The van der Waals surface area contributed by atoms with Crippen molar-refractivity contribution in [3.05, 3.63) is 60.2 Å². The number of nitrogens with one attached hydrogen (secondary N) is 1. The van der Waals surface area contributed by atoms with Gasteiger partial charge in [0, 0.05) is 45.0 Å². The van der Waals surface area contributed by atoms with Crippen LogP contribution in [-0.2, 0) is 9.53 Å². The van der Waals surface area contributed by atoms with Crippen molar-refractivity contribution in [3.63, 3.8) is 0 Å². The molecule has 1 saturated heterocycles. The molecule has 0 aliphatic carbocycles. The summed E-state index contributed by atoms with van der Waals surface area (Å²) in [6, 6.07) is 7.90. The van der Waals surface area contributed by atoms with Gasteiger partial charge < -0.3 is 19.7 Å². The second-order valence-electron chi connectivity index (χ2n) is 9.27. The maximum Gasteiger partial charge on any atom is 0.410 e. The molecule has 0 bridgehead atoms. The molecule has 0 atom stereocenters. The summed E-state index contributed by atoms with van der Waals surface area (Å²) in [5.41, 5.74) is 0.0618. The Morgan fingerprint density at radius 2 is 1.94 bits per heavy atom. The third kappa shape index (κ3) is 9.01. The fourth-order valence-electron chi connectivity index (χ4n) is 3.46. The Morgan fingerprint density at radius 3 is 2.60 bits per heavy atom. The molecule has 0 radical (unpaired) electrons. The van der Waals surface area contributed by atoms with E-state index in [1.807, 2.05) is 20.8 Å². The molecule has 0 spiro atoms. The summed E-state index contributed by atoms with van der Waals surface area (Å²) in [5.74, 6) is -0.232. The average molecular weight is 485 g/mol. The van der Waals surface area contributed by atoms with Crippen LogP contribution >= 0.6 is 0 Å². The molecule has 1 aliphatic heterocycles. The Balaban J connectivity index is 1.34. The van der Waals surface area contributed by atoms with Gasteiger partial charge in [0.25, 0.3) is 0 Å². The fraction of sp³-hybridized carbons (Fsp3) is 0.423. The molecule has 1 aromatic carbocycles. The summed E-state index contributed by atoms with van der Waals surface area (Å²) in [6.45, 7) is 9.76. The summed E-state index contributed by atoms with van der Waals surface area (Å²) in [7, 11) is 0. The number of pyridine rings is 1. The normalized spacial score (nSPS) is 14.7. The number of benzene rings is 1. The Bertz CT molecular complexity index is 1020. The Kier molecular flexibility index (Phi) is 9.19. The predicted molar refractivity (Wildman–Crippen MR) is 132 cm³/mol. The molecule has 2 heterocycles. The SMILES string of the molecule is CC(C)(C)OC(=O)N1CCN(CCCNC(=O)/C=C/c2ccc(Oc3cccnc3)c(F)c2)CC1. The van der Waals surface area contributed by atoms with E-state index in [2.05, 4.69) is 15.2 Å². The van der Waals surface area contributed by atoms with Crippen molar-refractivity contribution in [1.82, 2.24) is 20.1 Å². The Labute approximate surface area is 205 Å². The van der Waals surface area contributed by atoms with Gasteiger partial charge in [0.05, 0.1) is 6.20 Å². The number of piperazine rings is 1. The molecule has 1 aliphatic rings. The number of amides is 2. The van der Waals surface area contributed by atoms with E-state index in [1.54, 1.807) is 35.4 Å². The lowest BCUT2D eigenvalue weighted by atomic mass is 10.2. The fourth-order valence-corrected chi connectivity index (χ4v) is 3.46. The summed E-state index contributed by atoms with van der Waals surface area (Å²) in [6.07, 6.45) is 6.57. The minimum absolute atomic E-state index is 0.0894. The molecule has 1 N–H and O–H groups in total. The molecule has 0 unspecified atom stereocenters. The molecule has 2 aromatic rings. The topological polar surface area (TPSA) is 84.0 Å². The predicted octanol–water partition coefficient (Wildman–Crippen LogP) is 4.09. The molecule has 2 amide bonds. The van der Waals surface area contributed by atoms with Crippen LogP contribution in [0.4, 0.5) is 9.18 Å². The number of ether oxygens (including phenoxy) is 2. The first-order valence-corrected chi connectivity index (χ1v) is 11.7. The number of hydrogen-bond donors (Lipinski definition) is 1. The highest BCUT2D eigenvalue weighted by Gasteiger charge is 2.25. The van der Waals surface area contributed by atoms with Crippen LogP contribution in [-0.4, -0.2) is 71.7 Å². The number of aromatic nitrogens is 1. The van der Waals surface area contributed by atoms with E-state index in [0.29, 0.717) is 30.9 Å². The summed E-state index contributed by atoms with van der Waals surface area (Å²) < 4.78 is 25.2. The van der Waals surface area contributed by atoms with Gasteiger partial charge in [-0.2, -0.15) is 0 Å². The lowest BCUT2D eigenvalue weighted by Crippen LogP contribution is -2.50. The van der Waals surface area contributed by atoms with E-state index in [9.17, 15) is 14.0 Å². The minimum Gasteiger partial charge on any atom is -0.453 e. The summed E-state index contributed by atoms with van der Waals surface area (Å²) >= 11 is 0. The van der Waals surface area contributed by atoms with Gasteiger partial charge in [-0.05, 0) is 69.6 Å². The van der Waals surface area contributed by atoms with Gasteiger partial charge in [0.1, 0.15) is 11.4 Å². The van der Waals surface area contributed by atoms with Crippen molar-refractivity contribution in [2.24, 2.45) is 0 Å². The van der Waals surface area contributed by atoms with Crippen molar-refractivity contribution >= 4 is 18.1 Å². The Morgan fingerprint density at radius 1 is 1.17 bits per heavy atom. The van der Waals surface area contributed by atoms with Gasteiger partial charge in [-0.3, -0.25) is 14.7 Å². The zero-order chi connectivity index (χ0) is 25.3. The molecular weight excluding hydrogens is 451 g/mol. The lowest BCUT2D eigenvalue weighted by molar-refractivity contribution is -0.116. The number of halogens is 1. The highest BCUT2D eigenvalue weighted by atomic mass is 19.1. The van der Waals surface area contributed by atoms with Crippen LogP contribution < -0.4 is 10.1 Å². The molecular formula is C26H33FN4O4. The highest BCUT2D eigenvalue weighted by molar-refractivity contribution is 5.91. The quantitative estimate of drug-likeness (QED) is 0.449. The van der Waals surface area contributed by atoms with Crippen molar-refractivity contribution in [1.29, 1.82) is 0 Å². The van der Waals surface area contributed by atoms with Gasteiger partial charge in [0.15, 0.2) is 11.6 Å². The molecule has 35 heavy (non-hydrogen) atoms. The van der Waals surface area contributed by atoms with Crippen LogP contribution in [0.1, 0.15) is 32.8 Å². The molecule has 1 aromatic heterocycles. The third-order valence-corrected chi connectivity index (χ3v) is 5.22. The van der Waals surface area contributed by atoms with Gasteiger partial charge in [0.2, 0.25) is 5.91 Å². The molecule has 0 saturated carbocycles. The number of rotatable bonds is 8. The smallest absolute Gasteiger partial charge is 0.410 e. The first kappa shape index (κ1) is 26.2.